The van der Waals surface area contributed by atoms with E-state index in [0.717, 1.165) is 5.56 Å². The van der Waals surface area contributed by atoms with Crippen molar-refractivity contribution in [3.05, 3.63) is 42.5 Å². The third-order valence-corrected chi connectivity index (χ3v) is 6.55. The molecule has 1 aliphatic rings. The van der Waals surface area contributed by atoms with Gasteiger partial charge in [-0.1, -0.05) is 12.1 Å². The van der Waals surface area contributed by atoms with E-state index in [1.165, 1.54) is 12.7 Å². The van der Waals surface area contributed by atoms with Gasteiger partial charge in [0, 0.05) is 18.7 Å². The molecular weight excluding hydrogens is 543 g/mol. The number of esters is 1. The lowest BCUT2D eigenvalue weighted by atomic mass is 10.1. The minimum absolute atomic E-state index is 0.0708. The average molecular weight is 575 g/mol. The Hall–Kier alpha value is -3.91. The molecular formula is C24H31N8O7P. The van der Waals surface area contributed by atoms with Gasteiger partial charge in [0.15, 0.2) is 11.5 Å². The largest absolute Gasteiger partial charge is 0.458 e. The van der Waals surface area contributed by atoms with Crippen LogP contribution in [0.4, 0.5) is 16.3 Å². The molecule has 2 aromatic heterocycles. The molecule has 1 aromatic carbocycles. The maximum absolute atomic E-state index is 12.7. The number of nitrogens with two attached hydrogens (primary N) is 3. The number of carbonyl (C=O) groups is 2. The van der Waals surface area contributed by atoms with Crippen LogP contribution in [0.15, 0.2) is 36.9 Å². The molecule has 0 aliphatic carbocycles. The number of amides is 1. The first-order chi connectivity index (χ1) is 19.4. The molecule has 3 unspecified atom stereocenters. The quantitative estimate of drug-likeness (QED) is 0.0991. The predicted molar refractivity (Wildman–Crippen MR) is 143 cm³/mol. The Kier molecular flexibility index (Phi) is 10.1. The monoisotopic (exact) mass is 574 g/mol. The van der Waals surface area contributed by atoms with Crippen LogP contribution >= 0.6 is 8.69 Å². The zero-order valence-corrected chi connectivity index (χ0v) is 22.4. The highest BCUT2D eigenvalue weighted by molar-refractivity contribution is 7.17. The van der Waals surface area contributed by atoms with E-state index in [0.29, 0.717) is 42.7 Å². The summed E-state index contributed by atoms with van der Waals surface area (Å²) in [6.07, 6.45) is 2.08. The first-order valence-electron chi connectivity index (χ1n) is 12.6. The summed E-state index contributed by atoms with van der Waals surface area (Å²) in [6, 6.07) is 6.15. The van der Waals surface area contributed by atoms with Crippen molar-refractivity contribution >= 4 is 43.4 Å². The number of nitrogen functional groups attached to an aromatic ring is 2. The lowest BCUT2D eigenvalue weighted by Crippen LogP contribution is -2.38. The fourth-order valence-electron chi connectivity index (χ4n) is 4.18. The minimum Gasteiger partial charge on any atom is -0.458 e. The van der Waals surface area contributed by atoms with Gasteiger partial charge in [-0.25, -0.2) is 24.3 Å². The molecule has 1 aliphatic heterocycles. The van der Waals surface area contributed by atoms with Gasteiger partial charge in [0.05, 0.1) is 12.9 Å². The topological polar surface area (TPSA) is 222 Å². The number of ether oxygens (including phenoxy) is 3. The maximum Gasteiger partial charge on any atom is 0.407 e. The molecule has 40 heavy (non-hydrogen) atoms. The summed E-state index contributed by atoms with van der Waals surface area (Å²) >= 11 is 0. The van der Waals surface area contributed by atoms with Gasteiger partial charge in [-0.05, 0) is 37.0 Å². The molecule has 1 fully saturated rings. The van der Waals surface area contributed by atoms with E-state index >= 15 is 0 Å². The molecule has 0 spiro atoms. The van der Waals surface area contributed by atoms with Crippen LogP contribution in [0.5, 0.6) is 0 Å². The third kappa shape index (κ3) is 7.60. The van der Waals surface area contributed by atoms with Crippen LogP contribution < -0.4 is 22.5 Å². The van der Waals surface area contributed by atoms with Crippen LogP contribution in [0.1, 0.15) is 37.5 Å². The summed E-state index contributed by atoms with van der Waals surface area (Å²) in [4.78, 5) is 37.0. The number of fused-ring (bicyclic) bond motifs is 1. The van der Waals surface area contributed by atoms with E-state index in [2.05, 4.69) is 20.3 Å². The Bertz CT molecular complexity index is 1310. The fourth-order valence-corrected chi connectivity index (χ4v) is 4.39. The third-order valence-electron chi connectivity index (χ3n) is 6.30. The maximum atomic E-state index is 12.7. The highest BCUT2D eigenvalue weighted by Crippen LogP contribution is 2.34. The molecule has 1 amide bonds. The minimum atomic E-state index is -0.877. The van der Waals surface area contributed by atoms with E-state index in [1.54, 1.807) is 28.8 Å². The van der Waals surface area contributed by atoms with Crippen LogP contribution in [-0.4, -0.2) is 63.0 Å². The number of rotatable bonds is 13. The number of nitrogens with one attached hydrogen (secondary N) is 1. The lowest BCUT2D eigenvalue weighted by Gasteiger charge is -2.19. The molecule has 1 saturated heterocycles. The number of benzene rings is 1. The zero-order chi connectivity index (χ0) is 28.5. The van der Waals surface area contributed by atoms with Crippen molar-refractivity contribution in [1.29, 1.82) is 0 Å². The Morgan fingerprint density at radius 1 is 1.18 bits per heavy atom. The zero-order valence-electron chi connectivity index (χ0n) is 21.5. The SMILES string of the molecule is Nc1ccc(COC(=O)NCCCCC(N)C(=O)O[C@H]2CC(n3cnc4c(N)ncnc43)OC2COP=O)cc1. The molecule has 3 aromatic rings. The van der Waals surface area contributed by atoms with Gasteiger partial charge in [0.2, 0.25) is 0 Å². The summed E-state index contributed by atoms with van der Waals surface area (Å²) in [7, 11) is -0.524. The van der Waals surface area contributed by atoms with E-state index in [9.17, 15) is 14.2 Å². The number of imidazole rings is 1. The van der Waals surface area contributed by atoms with Gasteiger partial charge in [0.25, 0.3) is 0 Å². The number of carbonyl (C=O) groups excluding carboxylic acids is 2. The number of nitrogens with zero attached hydrogens (tertiary/aromatic N) is 4. The number of aromatic nitrogens is 4. The molecule has 0 bridgehead atoms. The Morgan fingerprint density at radius 3 is 2.75 bits per heavy atom. The van der Waals surface area contributed by atoms with E-state index in [4.69, 9.17) is 35.9 Å². The van der Waals surface area contributed by atoms with Gasteiger partial charge in [0.1, 0.15) is 42.9 Å². The van der Waals surface area contributed by atoms with E-state index in [1.807, 2.05) is 0 Å². The second-order valence-electron chi connectivity index (χ2n) is 9.14. The molecule has 3 heterocycles. The van der Waals surface area contributed by atoms with Gasteiger partial charge < -0.3 is 36.7 Å². The molecule has 4 rings (SSSR count). The number of alkyl carbamates (subject to hydrolysis) is 1. The molecule has 0 saturated carbocycles. The number of anilines is 2. The van der Waals surface area contributed by atoms with Gasteiger partial charge >= 0.3 is 20.7 Å². The number of unbranched alkanes of at least 4 members (excludes halogenated alkanes) is 1. The standard InChI is InChI=1S/C24H31N8O7P/c25-15-6-4-14(5-7-15)10-36-24(34)28-8-2-1-3-16(26)23(33)39-17-9-19(38-18(17)11-37-40-35)32-13-31-20-21(27)29-12-30-22(20)32/h4-7,12-13,16-19H,1-3,8-11,25-26H2,(H,28,34)(H2,27,29,30)/t16?,17-,18?,19?/m0/s1. The van der Waals surface area contributed by atoms with Crippen molar-refractivity contribution in [2.45, 2.75) is 56.8 Å². The van der Waals surface area contributed by atoms with Crippen LogP contribution in [0, 0.1) is 0 Å². The van der Waals surface area contributed by atoms with Gasteiger partial charge in [-0.3, -0.25) is 13.9 Å². The van der Waals surface area contributed by atoms with Crippen molar-refractivity contribution in [2.24, 2.45) is 5.73 Å². The van der Waals surface area contributed by atoms with Crippen molar-refractivity contribution < 1.29 is 32.9 Å². The summed E-state index contributed by atoms with van der Waals surface area (Å²) in [5.41, 5.74) is 19.9. The Labute approximate surface area is 231 Å². The van der Waals surface area contributed by atoms with Crippen LogP contribution in [0.2, 0.25) is 0 Å². The Morgan fingerprint density at radius 2 is 1.98 bits per heavy atom. The molecule has 16 heteroatoms. The molecule has 7 N–H and O–H groups in total. The molecule has 15 nitrogen and oxygen atoms in total. The van der Waals surface area contributed by atoms with Crippen LogP contribution in [-0.2, 0) is 34.7 Å². The van der Waals surface area contributed by atoms with Crippen LogP contribution in [0.25, 0.3) is 11.2 Å². The van der Waals surface area contributed by atoms with Crippen LogP contribution in [0.3, 0.4) is 0 Å². The van der Waals surface area contributed by atoms with Crippen molar-refractivity contribution in [1.82, 2.24) is 24.8 Å². The first kappa shape index (κ1) is 29.1. The fraction of sp³-hybridized carbons (Fsp3) is 0.458. The average Bonchev–Trinajstić information content (AvgIpc) is 3.56. The van der Waals surface area contributed by atoms with Crippen molar-refractivity contribution in [3.63, 3.8) is 0 Å². The molecule has 214 valence electrons. The summed E-state index contributed by atoms with van der Waals surface area (Å²) in [5, 5.41) is 2.66. The predicted octanol–water partition coefficient (Wildman–Crippen LogP) is 1.84. The normalized spacial score (nSPS) is 19.5. The van der Waals surface area contributed by atoms with Crippen molar-refractivity contribution in [2.75, 3.05) is 24.6 Å². The van der Waals surface area contributed by atoms with Crippen molar-refractivity contribution in [3.8, 4) is 0 Å². The van der Waals surface area contributed by atoms with Gasteiger partial charge in [-0.15, -0.1) is 0 Å². The smallest absolute Gasteiger partial charge is 0.407 e. The first-order valence-corrected chi connectivity index (χ1v) is 13.3. The second-order valence-corrected chi connectivity index (χ2v) is 9.55. The molecule has 0 radical (unpaired) electrons. The highest BCUT2D eigenvalue weighted by Gasteiger charge is 2.40. The second kappa shape index (κ2) is 13.9. The summed E-state index contributed by atoms with van der Waals surface area (Å²) in [6.45, 7) is 0.424. The number of hydrogen-bond acceptors (Lipinski definition) is 13. The van der Waals surface area contributed by atoms with E-state index in [-0.39, 0.29) is 25.5 Å². The number of hydrogen-bond donors (Lipinski definition) is 4. The highest BCUT2D eigenvalue weighted by atomic mass is 31.1. The summed E-state index contributed by atoms with van der Waals surface area (Å²) in [5.74, 6) is -0.372. The summed E-state index contributed by atoms with van der Waals surface area (Å²) < 4.78 is 34.3. The lowest BCUT2D eigenvalue weighted by molar-refractivity contribution is -0.154. The van der Waals surface area contributed by atoms with E-state index < -0.39 is 45.2 Å². The van der Waals surface area contributed by atoms with Gasteiger partial charge in [-0.2, -0.15) is 0 Å². The molecule has 4 atom stereocenters. The Balaban J connectivity index is 1.20.